The largest absolute Gasteiger partial charge is 0.377 e. The van der Waals surface area contributed by atoms with Crippen LogP contribution < -0.4 is 5.32 Å². The van der Waals surface area contributed by atoms with E-state index in [9.17, 15) is 0 Å². The van der Waals surface area contributed by atoms with E-state index in [4.69, 9.17) is 4.74 Å². The van der Waals surface area contributed by atoms with Crippen molar-refractivity contribution < 1.29 is 4.74 Å². The van der Waals surface area contributed by atoms with Crippen LogP contribution in [0.25, 0.3) is 0 Å². The van der Waals surface area contributed by atoms with Gasteiger partial charge < -0.3 is 10.1 Å². The first kappa shape index (κ1) is 12.0. The number of nitrogens with one attached hydrogen (secondary N) is 1. The minimum Gasteiger partial charge on any atom is -0.377 e. The van der Waals surface area contributed by atoms with Gasteiger partial charge >= 0.3 is 0 Å². The molecule has 84 valence electrons. The molecule has 1 fully saturated rings. The van der Waals surface area contributed by atoms with Gasteiger partial charge in [-0.1, -0.05) is 6.92 Å². The van der Waals surface area contributed by atoms with Gasteiger partial charge in [0, 0.05) is 18.7 Å². The van der Waals surface area contributed by atoms with Crippen LogP contribution in [0.15, 0.2) is 0 Å². The van der Waals surface area contributed by atoms with Crippen molar-refractivity contribution in [3.63, 3.8) is 0 Å². The monoisotopic (exact) mass is 199 g/mol. The van der Waals surface area contributed by atoms with Gasteiger partial charge in [0.15, 0.2) is 0 Å². The molecule has 2 nitrogen and oxygen atoms in total. The summed E-state index contributed by atoms with van der Waals surface area (Å²) in [5.41, 5.74) is 0.205. The number of ether oxygens (including phenoxy) is 1. The first-order valence-corrected chi connectivity index (χ1v) is 5.88. The second-order valence-corrected chi connectivity index (χ2v) is 5.44. The highest BCUT2D eigenvalue weighted by Gasteiger charge is 2.23. The lowest BCUT2D eigenvalue weighted by molar-refractivity contribution is 0.0398. The molecule has 0 aromatic carbocycles. The summed E-state index contributed by atoms with van der Waals surface area (Å²) in [5.74, 6) is 0.874. The molecule has 1 saturated carbocycles. The number of hydrogen-bond acceptors (Lipinski definition) is 2. The highest BCUT2D eigenvalue weighted by atomic mass is 16.5. The van der Waals surface area contributed by atoms with Gasteiger partial charge in [0.2, 0.25) is 0 Å². The van der Waals surface area contributed by atoms with E-state index in [-0.39, 0.29) is 5.54 Å². The molecule has 0 aromatic heterocycles. The molecule has 1 unspecified atom stereocenters. The van der Waals surface area contributed by atoms with Crippen molar-refractivity contribution in [1.29, 1.82) is 0 Å². The Labute approximate surface area is 88.4 Å². The van der Waals surface area contributed by atoms with E-state index in [1.165, 1.54) is 12.8 Å². The van der Waals surface area contributed by atoms with Crippen LogP contribution >= 0.6 is 0 Å². The maximum atomic E-state index is 5.85. The lowest BCUT2D eigenvalue weighted by Crippen LogP contribution is -2.41. The molecule has 14 heavy (non-hydrogen) atoms. The summed E-state index contributed by atoms with van der Waals surface area (Å²) in [5, 5.41) is 3.49. The summed E-state index contributed by atoms with van der Waals surface area (Å²) < 4.78 is 5.85. The molecule has 0 amide bonds. The molecule has 0 aliphatic heterocycles. The molecule has 1 atom stereocenters. The fourth-order valence-electron chi connectivity index (χ4n) is 1.30. The fourth-order valence-corrected chi connectivity index (χ4v) is 1.30. The zero-order valence-corrected chi connectivity index (χ0v) is 10.1. The average molecular weight is 199 g/mol. The second kappa shape index (κ2) is 5.13. The predicted octanol–water partition coefficient (Wildman–Crippen LogP) is 2.58. The van der Waals surface area contributed by atoms with Gasteiger partial charge in [-0.2, -0.15) is 0 Å². The van der Waals surface area contributed by atoms with E-state index in [0.29, 0.717) is 6.10 Å². The van der Waals surface area contributed by atoms with Crippen molar-refractivity contribution in [2.75, 3.05) is 13.2 Å². The molecule has 0 saturated heterocycles. The summed E-state index contributed by atoms with van der Waals surface area (Å²) in [6.45, 7) is 10.7. The van der Waals surface area contributed by atoms with Crippen molar-refractivity contribution in [2.24, 2.45) is 5.92 Å². The van der Waals surface area contributed by atoms with Gasteiger partial charge in [-0.05, 0) is 46.0 Å². The predicted molar refractivity (Wildman–Crippen MR) is 60.5 cm³/mol. The zero-order chi connectivity index (χ0) is 10.6. The van der Waals surface area contributed by atoms with Crippen LogP contribution in [0, 0.1) is 5.92 Å². The van der Waals surface area contributed by atoms with Crippen LogP contribution in [0.4, 0.5) is 0 Å². The van der Waals surface area contributed by atoms with Crippen LogP contribution in [0.3, 0.4) is 0 Å². The molecule has 0 radical (unpaired) electrons. The van der Waals surface area contributed by atoms with Gasteiger partial charge in [-0.15, -0.1) is 0 Å². The molecule has 0 spiro atoms. The molecular weight excluding hydrogens is 174 g/mol. The van der Waals surface area contributed by atoms with E-state index < -0.39 is 0 Å². The van der Waals surface area contributed by atoms with Gasteiger partial charge in [0.1, 0.15) is 0 Å². The number of hydrogen-bond donors (Lipinski definition) is 1. The first-order valence-electron chi connectivity index (χ1n) is 5.88. The van der Waals surface area contributed by atoms with Crippen molar-refractivity contribution in [3.05, 3.63) is 0 Å². The molecule has 1 N–H and O–H groups in total. The lowest BCUT2D eigenvalue weighted by Gasteiger charge is -2.24. The van der Waals surface area contributed by atoms with E-state index in [1.54, 1.807) is 0 Å². The first-order chi connectivity index (χ1) is 6.51. The maximum absolute atomic E-state index is 5.85. The molecule has 2 heteroatoms. The van der Waals surface area contributed by atoms with E-state index in [2.05, 4.69) is 33.0 Å². The summed E-state index contributed by atoms with van der Waals surface area (Å²) in [6, 6.07) is 0. The summed E-state index contributed by atoms with van der Waals surface area (Å²) in [4.78, 5) is 0. The van der Waals surface area contributed by atoms with E-state index >= 15 is 0 Å². The fraction of sp³-hybridized carbons (Fsp3) is 1.00. The third-order valence-electron chi connectivity index (χ3n) is 2.58. The molecule has 0 aromatic rings. The Morgan fingerprint density at radius 2 is 2.00 bits per heavy atom. The van der Waals surface area contributed by atoms with Crippen LogP contribution in [-0.4, -0.2) is 24.8 Å². The van der Waals surface area contributed by atoms with Gasteiger partial charge in [0.25, 0.3) is 0 Å². The average Bonchev–Trinajstić information content (AvgIpc) is 2.86. The molecular formula is C12H25NO. The molecule has 1 aliphatic carbocycles. The van der Waals surface area contributed by atoms with Crippen molar-refractivity contribution in [2.45, 2.75) is 58.6 Å². The molecule has 0 bridgehead atoms. The third kappa shape index (κ3) is 5.61. The van der Waals surface area contributed by atoms with Gasteiger partial charge in [0.05, 0.1) is 6.10 Å². The van der Waals surface area contributed by atoms with E-state index in [0.717, 1.165) is 25.5 Å². The lowest BCUT2D eigenvalue weighted by atomic mass is 10.1. The molecule has 1 rings (SSSR count). The second-order valence-electron chi connectivity index (χ2n) is 5.44. The zero-order valence-electron chi connectivity index (χ0n) is 10.1. The van der Waals surface area contributed by atoms with Crippen LogP contribution in [0.5, 0.6) is 0 Å². The Kier molecular flexibility index (Phi) is 4.39. The Bertz CT molecular complexity index is 158. The number of rotatable bonds is 6. The standard InChI is InChI=1S/C12H25NO/c1-5-11(8-13-12(2,3)4)14-9-10-6-7-10/h10-11,13H,5-9H2,1-4H3. The summed E-state index contributed by atoms with van der Waals surface area (Å²) in [6.07, 6.45) is 4.26. The summed E-state index contributed by atoms with van der Waals surface area (Å²) >= 11 is 0. The van der Waals surface area contributed by atoms with Gasteiger partial charge in [-0.25, -0.2) is 0 Å². The highest BCUT2D eigenvalue weighted by molar-refractivity contribution is 4.75. The normalized spacial score (nSPS) is 19.7. The van der Waals surface area contributed by atoms with Gasteiger partial charge in [-0.3, -0.25) is 0 Å². The Balaban J connectivity index is 2.10. The van der Waals surface area contributed by atoms with Crippen molar-refractivity contribution in [3.8, 4) is 0 Å². The van der Waals surface area contributed by atoms with E-state index in [1.807, 2.05) is 0 Å². The van der Waals surface area contributed by atoms with Crippen LogP contribution in [0.1, 0.15) is 47.0 Å². The smallest absolute Gasteiger partial charge is 0.0697 e. The SMILES string of the molecule is CCC(CNC(C)(C)C)OCC1CC1. The third-order valence-corrected chi connectivity index (χ3v) is 2.58. The van der Waals surface area contributed by atoms with Crippen molar-refractivity contribution >= 4 is 0 Å². The molecule has 0 heterocycles. The van der Waals surface area contributed by atoms with Crippen LogP contribution in [-0.2, 0) is 4.74 Å². The topological polar surface area (TPSA) is 21.3 Å². The quantitative estimate of drug-likeness (QED) is 0.710. The summed E-state index contributed by atoms with van der Waals surface area (Å²) in [7, 11) is 0. The maximum Gasteiger partial charge on any atom is 0.0697 e. The minimum absolute atomic E-state index is 0.205. The Morgan fingerprint density at radius 3 is 2.43 bits per heavy atom. The molecule has 1 aliphatic rings. The van der Waals surface area contributed by atoms with Crippen LogP contribution in [0.2, 0.25) is 0 Å². The Morgan fingerprint density at radius 1 is 1.36 bits per heavy atom. The Hall–Kier alpha value is -0.0800. The minimum atomic E-state index is 0.205. The highest BCUT2D eigenvalue weighted by Crippen LogP contribution is 2.29. The van der Waals surface area contributed by atoms with Crippen molar-refractivity contribution in [1.82, 2.24) is 5.32 Å².